The van der Waals surface area contributed by atoms with Gasteiger partial charge in [-0.25, -0.2) is 4.79 Å². The Morgan fingerprint density at radius 3 is 2.28 bits per heavy atom. The van der Waals surface area contributed by atoms with Gasteiger partial charge in [0.2, 0.25) is 5.91 Å². The van der Waals surface area contributed by atoms with Crippen molar-refractivity contribution in [3.63, 3.8) is 0 Å². The van der Waals surface area contributed by atoms with Crippen LogP contribution in [0.5, 0.6) is 0 Å². The Morgan fingerprint density at radius 2 is 1.94 bits per heavy atom. The highest BCUT2D eigenvalue weighted by Gasteiger charge is 2.62. The second-order valence-corrected chi connectivity index (χ2v) is 3.21. The van der Waals surface area contributed by atoms with Crippen LogP contribution in [0.2, 0.25) is 0 Å². The maximum atomic E-state index is 13.0. The molecule has 0 saturated carbocycles. The van der Waals surface area contributed by atoms with Crippen LogP contribution in [0.1, 0.15) is 13.8 Å². The highest BCUT2D eigenvalue weighted by atomic mass is 19.4. The number of esters is 1. The van der Waals surface area contributed by atoms with Crippen molar-refractivity contribution in [3.8, 4) is 12.3 Å². The van der Waals surface area contributed by atoms with Gasteiger partial charge in [0.15, 0.2) is 0 Å². The van der Waals surface area contributed by atoms with E-state index in [-0.39, 0.29) is 6.61 Å². The summed E-state index contributed by atoms with van der Waals surface area (Å²) in [7, 11) is 0. The van der Waals surface area contributed by atoms with E-state index in [2.05, 4.69) is 4.74 Å². The summed E-state index contributed by atoms with van der Waals surface area (Å²) in [6.07, 6.45) is -0.256. The van der Waals surface area contributed by atoms with Crippen molar-refractivity contribution in [3.05, 3.63) is 0 Å². The summed E-state index contributed by atoms with van der Waals surface area (Å²) in [6.45, 7) is 1.35. The number of hydrogen-bond acceptors (Lipinski definition) is 4. The fraction of sp³-hybridized carbons (Fsp3) is 0.600. The molecule has 5 nitrogen and oxygen atoms in total. The summed E-state index contributed by atoms with van der Waals surface area (Å²) in [6, 6.07) is 0. The van der Waals surface area contributed by atoms with Crippen LogP contribution in [0.15, 0.2) is 0 Å². The lowest BCUT2D eigenvalue weighted by Gasteiger charge is -2.33. The molecule has 1 atom stereocenters. The van der Waals surface area contributed by atoms with Crippen LogP contribution in [0, 0.1) is 12.3 Å². The third-order valence-corrected chi connectivity index (χ3v) is 1.83. The first-order valence-electron chi connectivity index (χ1n) is 4.92. The molecule has 0 spiro atoms. The number of hydrogen-bond donors (Lipinski definition) is 2. The van der Waals surface area contributed by atoms with Crippen molar-refractivity contribution < 1.29 is 27.5 Å². The predicted octanol–water partition coefficient (Wildman–Crippen LogP) is 0.167. The number of alkyl halides is 3. The Morgan fingerprint density at radius 1 is 1.39 bits per heavy atom. The van der Waals surface area contributed by atoms with Crippen molar-refractivity contribution in [2.45, 2.75) is 25.7 Å². The molecule has 2 N–H and O–H groups in total. The number of amides is 1. The maximum absolute atomic E-state index is 13.0. The van der Waals surface area contributed by atoms with Gasteiger partial charge in [-0.2, -0.15) is 13.2 Å². The normalized spacial score (nSPS) is 14.2. The van der Waals surface area contributed by atoms with Crippen LogP contribution in [-0.2, 0) is 14.3 Å². The second-order valence-electron chi connectivity index (χ2n) is 3.21. The summed E-state index contributed by atoms with van der Waals surface area (Å²) in [5.74, 6) is -0.820. The number of carbonyl (C=O) groups is 2. The zero-order valence-electron chi connectivity index (χ0n) is 9.85. The predicted molar refractivity (Wildman–Crippen MR) is 56.1 cm³/mol. The molecular formula is C10H13F3N2O3. The van der Waals surface area contributed by atoms with Gasteiger partial charge >= 0.3 is 12.1 Å². The lowest BCUT2D eigenvalue weighted by Crippen LogP contribution is -2.72. The first-order valence-corrected chi connectivity index (χ1v) is 4.92. The average Bonchev–Trinajstić information content (AvgIpc) is 2.22. The van der Waals surface area contributed by atoms with E-state index >= 15 is 0 Å². The average molecular weight is 266 g/mol. The number of terminal acetylenes is 1. The molecule has 0 rings (SSSR count). The zero-order chi connectivity index (χ0) is 14.4. The molecule has 0 bridgehead atoms. The quantitative estimate of drug-likeness (QED) is 0.423. The minimum atomic E-state index is -5.10. The van der Waals surface area contributed by atoms with Gasteiger partial charge in [-0.05, 0) is 6.92 Å². The number of rotatable bonds is 5. The van der Waals surface area contributed by atoms with E-state index in [1.807, 2.05) is 5.92 Å². The standard InChI is InChI=1S/C10H13F3N2O3/c1-4-6-14-9(10(11,12)13,15-7(3)16)8(17)18-5-2/h1,14H,5-6H2,2-3H3,(H,15,16). The summed E-state index contributed by atoms with van der Waals surface area (Å²) < 4.78 is 43.3. The van der Waals surface area contributed by atoms with Crippen LogP contribution >= 0.6 is 0 Å². The molecule has 0 aromatic carbocycles. The van der Waals surface area contributed by atoms with E-state index in [0.717, 1.165) is 6.92 Å². The first kappa shape index (κ1) is 16.2. The Balaban J connectivity index is 5.47. The molecule has 102 valence electrons. The van der Waals surface area contributed by atoms with Gasteiger partial charge in [-0.15, -0.1) is 6.42 Å². The monoisotopic (exact) mass is 266 g/mol. The molecule has 0 radical (unpaired) electrons. The Kier molecular flexibility index (Phi) is 5.65. The van der Waals surface area contributed by atoms with E-state index in [1.165, 1.54) is 12.2 Å². The van der Waals surface area contributed by atoms with Crippen LogP contribution in [0.3, 0.4) is 0 Å². The molecule has 0 heterocycles. The SMILES string of the molecule is C#CCNC(NC(C)=O)(C(=O)OCC)C(F)(F)F. The fourth-order valence-electron chi connectivity index (χ4n) is 1.14. The van der Waals surface area contributed by atoms with Gasteiger partial charge < -0.3 is 10.1 Å². The third-order valence-electron chi connectivity index (χ3n) is 1.83. The van der Waals surface area contributed by atoms with E-state index in [0.29, 0.717) is 0 Å². The van der Waals surface area contributed by atoms with Crippen LogP contribution < -0.4 is 10.6 Å². The summed E-state index contributed by atoms with van der Waals surface area (Å²) in [5.41, 5.74) is -3.33. The van der Waals surface area contributed by atoms with E-state index in [1.54, 1.807) is 5.32 Å². The zero-order valence-corrected chi connectivity index (χ0v) is 9.85. The molecule has 0 aliphatic rings. The Hall–Kier alpha value is -1.75. The summed E-state index contributed by atoms with van der Waals surface area (Å²) in [5, 5.41) is 3.28. The third kappa shape index (κ3) is 3.63. The Bertz CT molecular complexity index is 362. The summed E-state index contributed by atoms with van der Waals surface area (Å²) in [4.78, 5) is 22.3. The lowest BCUT2D eigenvalue weighted by atomic mass is 10.1. The lowest BCUT2D eigenvalue weighted by molar-refractivity contribution is -0.220. The molecule has 0 aliphatic carbocycles. The van der Waals surface area contributed by atoms with Crippen molar-refractivity contribution >= 4 is 11.9 Å². The molecule has 0 aromatic heterocycles. The van der Waals surface area contributed by atoms with Crippen molar-refractivity contribution in [1.82, 2.24) is 10.6 Å². The largest absolute Gasteiger partial charge is 0.463 e. The fourth-order valence-corrected chi connectivity index (χ4v) is 1.14. The second kappa shape index (κ2) is 6.26. The van der Waals surface area contributed by atoms with E-state index in [9.17, 15) is 22.8 Å². The minimum Gasteiger partial charge on any atom is -0.463 e. The molecule has 8 heteroatoms. The highest BCUT2D eigenvalue weighted by molar-refractivity contribution is 5.87. The van der Waals surface area contributed by atoms with Crippen molar-refractivity contribution in [2.24, 2.45) is 0 Å². The number of halogens is 3. The molecule has 0 aromatic rings. The van der Waals surface area contributed by atoms with Crippen molar-refractivity contribution in [1.29, 1.82) is 0 Å². The Labute approximate surface area is 102 Å². The van der Waals surface area contributed by atoms with Crippen molar-refractivity contribution in [2.75, 3.05) is 13.2 Å². The van der Waals surface area contributed by atoms with Crippen LogP contribution in [0.4, 0.5) is 13.2 Å². The number of ether oxygens (including phenoxy) is 1. The molecule has 0 aliphatic heterocycles. The van der Waals surface area contributed by atoms with Gasteiger partial charge in [0.05, 0.1) is 13.2 Å². The summed E-state index contributed by atoms with van der Waals surface area (Å²) >= 11 is 0. The highest BCUT2D eigenvalue weighted by Crippen LogP contribution is 2.29. The number of nitrogens with one attached hydrogen (secondary N) is 2. The molecular weight excluding hydrogens is 253 g/mol. The molecule has 0 saturated heterocycles. The molecule has 1 amide bonds. The van der Waals surface area contributed by atoms with Crippen LogP contribution in [-0.4, -0.2) is 36.9 Å². The van der Waals surface area contributed by atoms with E-state index < -0.39 is 30.3 Å². The smallest absolute Gasteiger partial charge is 0.436 e. The minimum absolute atomic E-state index is 0.270. The molecule has 0 fully saturated rings. The van der Waals surface area contributed by atoms with Crippen LogP contribution in [0.25, 0.3) is 0 Å². The van der Waals surface area contributed by atoms with E-state index in [4.69, 9.17) is 6.42 Å². The van der Waals surface area contributed by atoms with Gasteiger partial charge in [-0.3, -0.25) is 10.1 Å². The first-order chi connectivity index (χ1) is 8.21. The van der Waals surface area contributed by atoms with Gasteiger partial charge in [0.25, 0.3) is 5.66 Å². The topological polar surface area (TPSA) is 67.4 Å². The molecule has 18 heavy (non-hydrogen) atoms. The van der Waals surface area contributed by atoms with Gasteiger partial charge in [0.1, 0.15) is 0 Å². The number of carbonyl (C=O) groups excluding carboxylic acids is 2. The van der Waals surface area contributed by atoms with Gasteiger partial charge in [-0.1, -0.05) is 5.92 Å². The molecule has 1 unspecified atom stereocenters. The van der Waals surface area contributed by atoms with Gasteiger partial charge in [0, 0.05) is 6.92 Å². The maximum Gasteiger partial charge on any atom is 0.436 e.